The summed E-state index contributed by atoms with van der Waals surface area (Å²) in [7, 11) is 0. The lowest BCUT2D eigenvalue weighted by atomic mass is 10.2. The lowest BCUT2D eigenvalue weighted by molar-refractivity contribution is -0.137. The zero-order valence-electron chi connectivity index (χ0n) is 15.3. The van der Waals surface area contributed by atoms with Crippen LogP contribution in [0.2, 0.25) is 0 Å². The van der Waals surface area contributed by atoms with Crippen LogP contribution in [0.3, 0.4) is 0 Å². The van der Waals surface area contributed by atoms with Gasteiger partial charge in [-0.1, -0.05) is 0 Å². The smallest absolute Gasteiger partial charge is 0.416 e. The number of benzene rings is 1. The average molecular weight is 403 g/mol. The molecule has 11 heteroatoms. The van der Waals surface area contributed by atoms with Gasteiger partial charge in [0, 0.05) is 37.6 Å². The quantitative estimate of drug-likeness (QED) is 0.471. The van der Waals surface area contributed by atoms with Crippen LogP contribution in [0.15, 0.2) is 41.1 Å². The second-order valence-electron chi connectivity index (χ2n) is 5.88. The number of anilines is 2. The Hall–Kier alpha value is -3.68. The van der Waals surface area contributed by atoms with E-state index in [4.69, 9.17) is 9.68 Å². The van der Waals surface area contributed by atoms with Crippen molar-refractivity contribution in [3.63, 3.8) is 0 Å². The Labute approximate surface area is 164 Å². The Balaban J connectivity index is 1.77. The number of hydrogen-bond donors (Lipinski definition) is 1. The summed E-state index contributed by atoms with van der Waals surface area (Å²) in [6.45, 7) is 2.87. The molecule has 0 amide bonds. The van der Waals surface area contributed by atoms with E-state index in [0.717, 1.165) is 12.1 Å². The van der Waals surface area contributed by atoms with Crippen molar-refractivity contribution >= 4 is 11.5 Å². The Morgan fingerprint density at radius 3 is 2.52 bits per heavy atom. The minimum absolute atomic E-state index is 0.113. The first-order valence-electron chi connectivity index (χ1n) is 8.63. The number of likely N-dealkylation sites (N-methyl/N-ethyl adjacent to an activating group) is 1. The molecule has 0 aliphatic carbocycles. The lowest BCUT2D eigenvalue weighted by Gasteiger charge is -2.10. The molecule has 2 aromatic heterocycles. The molecule has 0 spiro atoms. The van der Waals surface area contributed by atoms with Crippen LogP contribution in [0.5, 0.6) is 0 Å². The molecule has 0 bridgehead atoms. The third-order valence-electron chi connectivity index (χ3n) is 3.96. The Kier molecular flexibility index (Phi) is 5.92. The summed E-state index contributed by atoms with van der Waals surface area (Å²) in [6.07, 6.45) is 0.895. The van der Waals surface area contributed by atoms with Gasteiger partial charge >= 0.3 is 6.18 Å². The van der Waals surface area contributed by atoms with Crippen molar-refractivity contribution in [1.29, 1.82) is 5.26 Å². The normalized spacial score (nSPS) is 11.1. The van der Waals surface area contributed by atoms with Crippen molar-refractivity contribution in [2.45, 2.75) is 19.5 Å². The maximum atomic E-state index is 12.7. The molecule has 2 heterocycles. The highest BCUT2D eigenvalue weighted by Gasteiger charge is 2.30. The van der Waals surface area contributed by atoms with Crippen molar-refractivity contribution in [3.05, 3.63) is 48.1 Å². The van der Waals surface area contributed by atoms with Gasteiger partial charge in [0.15, 0.2) is 17.7 Å². The topological polar surface area (TPSA) is 104 Å². The van der Waals surface area contributed by atoms with Gasteiger partial charge in [0.2, 0.25) is 5.89 Å². The molecular weight excluding hydrogens is 387 g/mol. The van der Waals surface area contributed by atoms with E-state index in [1.807, 2.05) is 6.92 Å². The minimum Gasteiger partial charge on any atom is -0.419 e. The summed E-state index contributed by atoms with van der Waals surface area (Å²) < 4.78 is 43.7. The molecule has 0 saturated heterocycles. The van der Waals surface area contributed by atoms with Gasteiger partial charge in [0.1, 0.15) is 0 Å². The van der Waals surface area contributed by atoms with Gasteiger partial charge in [-0.2, -0.15) is 18.4 Å². The van der Waals surface area contributed by atoms with E-state index in [0.29, 0.717) is 31.1 Å². The molecule has 29 heavy (non-hydrogen) atoms. The van der Waals surface area contributed by atoms with E-state index in [1.165, 1.54) is 24.5 Å². The van der Waals surface area contributed by atoms with Crippen molar-refractivity contribution in [3.8, 4) is 17.8 Å². The van der Waals surface area contributed by atoms with Crippen LogP contribution < -0.4 is 5.32 Å². The Bertz CT molecular complexity index is 996. The van der Waals surface area contributed by atoms with Gasteiger partial charge in [-0.3, -0.25) is 0 Å². The molecular formula is C18H16F3N7O. The third-order valence-corrected chi connectivity index (χ3v) is 3.96. The molecule has 1 N–H and O–H groups in total. The first kappa shape index (κ1) is 20.1. The van der Waals surface area contributed by atoms with Crippen LogP contribution in [0.25, 0.3) is 11.6 Å². The zero-order chi connectivity index (χ0) is 20.9. The number of nitriles is 1. The fourth-order valence-corrected chi connectivity index (χ4v) is 2.43. The molecule has 0 unspecified atom stereocenters. The van der Waals surface area contributed by atoms with Gasteiger partial charge in [0.05, 0.1) is 5.56 Å². The Morgan fingerprint density at radius 1 is 1.14 bits per heavy atom. The molecule has 0 aliphatic heterocycles. The van der Waals surface area contributed by atoms with Crippen LogP contribution in [0.1, 0.15) is 18.4 Å². The molecule has 0 radical (unpaired) electrons. The van der Waals surface area contributed by atoms with Crippen LogP contribution in [0.4, 0.5) is 24.7 Å². The van der Waals surface area contributed by atoms with Crippen LogP contribution in [-0.4, -0.2) is 38.2 Å². The van der Waals surface area contributed by atoms with E-state index >= 15 is 0 Å². The Morgan fingerprint density at radius 2 is 1.86 bits per heavy atom. The number of nitrogens with zero attached hydrogens (tertiary/aromatic N) is 6. The van der Waals surface area contributed by atoms with E-state index in [1.54, 1.807) is 4.90 Å². The highest BCUT2D eigenvalue weighted by atomic mass is 19.4. The monoisotopic (exact) mass is 403 g/mol. The van der Waals surface area contributed by atoms with Crippen molar-refractivity contribution in [2.24, 2.45) is 0 Å². The molecule has 8 nitrogen and oxygen atoms in total. The van der Waals surface area contributed by atoms with E-state index < -0.39 is 11.7 Å². The van der Waals surface area contributed by atoms with E-state index in [-0.39, 0.29) is 17.4 Å². The van der Waals surface area contributed by atoms with Crippen molar-refractivity contribution in [1.82, 2.24) is 25.1 Å². The van der Waals surface area contributed by atoms with Gasteiger partial charge in [-0.05, 0) is 31.2 Å². The highest BCUT2D eigenvalue weighted by Crippen LogP contribution is 2.31. The first-order chi connectivity index (χ1) is 13.9. The number of nitrogens with one attached hydrogen (secondary N) is 1. The molecule has 150 valence electrons. The van der Waals surface area contributed by atoms with E-state index in [9.17, 15) is 13.2 Å². The highest BCUT2D eigenvalue weighted by molar-refractivity contribution is 5.70. The molecule has 0 fully saturated rings. The number of halogens is 3. The van der Waals surface area contributed by atoms with Crippen molar-refractivity contribution < 1.29 is 17.6 Å². The van der Waals surface area contributed by atoms with Gasteiger partial charge in [0.25, 0.3) is 5.89 Å². The summed E-state index contributed by atoms with van der Waals surface area (Å²) >= 11 is 0. The van der Waals surface area contributed by atoms with Gasteiger partial charge < -0.3 is 14.6 Å². The maximum absolute atomic E-state index is 12.7. The van der Waals surface area contributed by atoms with Crippen molar-refractivity contribution in [2.75, 3.05) is 18.4 Å². The summed E-state index contributed by atoms with van der Waals surface area (Å²) in [5, 5.41) is 19.8. The maximum Gasteiger partial charge on any atom is 0.416 e. The molecule has 3 rings (SSSR count). The van der Waals surface area contributed by atoms with Crippen LogP contribution >= 0.6 is 0 Å². The number of aromatic nitrogens is 4. The standard InChI is InChI=1S/C18H16F3N7O/c1-2-28(11-22)10-7-14-26-27-17(29-14)15-16(24-9-8-23-15)25-13-5-3-12(4-6-13)18(19,20)21/h3-6,8-9H,2,7,10H2,1H3,(H,24,25). The largest absolute Gasteiger partial charge is 0.419 e. The summed E-state index contributed by atoms with van der Waals surface area (Å²) in [4.78, 5) is 9.88. The molecule has 0 atom stereocenters. The SMILES string of the molecule is CCN(C#N)CCc1nnc(-c2nccnc2Nc2ccc(C(F)(F)F)cc2)o1. The lowest BCUT2D eigenvalue weighted by Crippen LogP contribution is -2.19. The summed E-state index contributed by atoms with van der Waals surface area (Å²) in [5.74, 6) is 0.706. The zero-order valence-corrected chi connectivity index (χ0v) is 15.3. The van der Waals surface area contributed by atoms with E-state index in [2.05, 4.69) is 31.7 Å². The molecule has 0 saturated carbocycles. The number of hydrogen-bond acceptors (Lipinski definition) is 8. The minimum atomic E-state index is -4.41. The second-order valence-corrected chi connectivity index (χ2v) is 5.88. The summed E-state index contributed by atoms with van der Waals surface area (Å²) in [5.41, 5.74) is -0.0895. The average Bonchev–Trinajstić information content (AvgIpc) is 3.18. The number of alkyl halides is 3. The van der Waals surface area contributed by atoms with Crippen LogP contribution in [-0.2, 0) is 12.6 Å². The first-order valence-corrected chi connectivity index (χ1v) is 8.63. The van der Waals surface area contributed by atoms with Gasteiger partial charge in [-0.15, -0.1) is 10.2 Å². The van der Waals surface area contributed by atoms with Crippen LogP contribution in [0, 0.1) is 11.5 Å². The summed E-state index contributed by atoms with van der Waals surface area (Å²) in [6, 6.07) is 4.53. The predicted molar refractivity (Wildman–Crippen MR) is 96.6 cm³/mol. The molecule has 1 aromatic carbocycles. The fraction of sp³-hybridized carbons (Fsp3) is 0.278. The number of rotatable bonds is 7. The predicted octanol–water partition coefficient (Wildman–Crippen LogP) is 3.63. The third kappa shape index (κ3) is 4.98. The fourth-order valence-electron chi connectivity index (χ4n) is 2.43. The molecule has 3 aromatic rings. The van der Waals surface area contributed by atoms with Gasteiger partial charge in [-0.25, -0.2) is 9.97 Å². The second kappa shape index (κ2) is 8.55. The molecule has 0 aliphatic rings.